The van der Waals surface area contributed by atoms with Crippen LogP contribution in [0.2, 0.25) is 0 Å². The highest BCUT2D eigenvalue weighted by Gasteiger charge is 2.23. The Morgan fingerprint density at radius 1 is 1.04 bits per heavy atom. The molecule has 0 bridgehead atoms. The summed E-state index contributed by atoms with van der Waals surface area (Å²) in [6.07, 6.45) is 8.13. The molecule has 0 atom stereocenters. The summed E-state index contributed by atoms with van der Waals surface area (Å²) in [7, 11) is 0. The van der Waals surface area contributed by atoms with Gasteiger partial charge in [-0.1, -0.05) is 30.3 Å². The molecule has 1 aromatic carbocycles. The molecule has 1 fully saturated rings. The third kappa shape index (κ3) is 2.76. The molecule has 1 aliphatic heterocycles. The Morgan fingerprint density at radius 2 is 1.92 bits per heavy atom. The van der Waals surface area contributed by atoms with Gasteiger partial charge in [0.1, 0.15) is 5.82 Å². The molecule has 128 valence electrons. The molecule has 0 unspecified atom stereocenters. The number of hydrogen-bond acceptors (Lipinski definition) is 4. The monoisotopic (exact) mass is 334 g/mol. The van der Waals surface area contributed by atoms with Gasteiger partial charge in [0.2, 0.25) is 0 Å². The van der Waals surface area contributed by atoms with Crippen LogP contribution in [0.15, 0.2) is 42.7 Å². The summed E-state index contributed by atoms with van der Waals surface area (Å²) in [6, 6.07) is 10.9. The Balaban J connectivity index is 1.30. The van der Waals surface area contributed by atoms with E-state index in [9.17, 15) is 0 Å². The second-order valence-electron chi connectivity index (χ2n) is 7.08. The first-order chi connectivity index (χ1) is 12.4. The number of nitrogens with zero attached hydrogens (tertiary/aromatic N) is 6. The highest BCUT2D eigenvalue weighted by atomic mass is 15.3. The fourth-order valence-electron chi connectivity index (χ4n) is 3.71. The Bertz CT molecular complexity index is 861. The van der Waals surface area contributed by atoms with Gasteiger partial charge in [0.05, 0.1) is 18.8 Å². The highest BCUT2D eigenvalue weighted by molar-refractivity contribution is 5.55. The molecule has 0 radical (unpaired) electrons. The number of hydrogen-bond donors (Lipinski definition) is 0. The van der Waals surface area contributed by atoms with Crippen LogP contribution in [0.5, 0.6) is 0 Å². The number of fused-ring (bicyclic) bond motifs is 1. The summed E-state index contributed by atoms with van der Waals surface area (Å²) < 4.78 is 4.41. The van der Waals surface area contributed by atoms with Gasteiger partial charge in [-0.05, 0) is 19.3 Å². The van der Waals surface area contributed by atoms with Crippen LogP contribution in [0.1, 0.15) is 36.7 Å². The van der Waals surface area contributed by atoms with Gasteiger partial charge < -0.3 is 4.57 Å². The third-order valence-corrected chi connectivity index (χ3v) is 5.37. The number of rotatable bonds is 4. The van der Waals surface area contributed by atoms with Gasteiger partial charge >= 0.3 is 0 Å². The second-order valence-corrected chi connectivity index (χ2v) is 7.08. The van der Waals surface area contributed by atoms with E-state index in [0.717, 1.165) is 43.4 Å². The fourth-order valence-corrected chi connectivity index (χ4v) is 3.71. The molecule has 3 heterocycles. The lowest BCUT2D eigenvalue weighted by atomic mass is 9.93. The zero-order valence-corrected chi connectivity index (χ0v) is 14.3. The van der Waals surface area contributed by atoms with Crippen molar-refractivity contribution in [3.63, 3.8) is 0 Å². The topological polar surface area (TPSA) is 51.8 Å². The van der Waals surface area contributed by atoms with Crippen molar-refractivity contribution in [2.75, 3.05) is 6.54 Å². The van der Waals surface area contributed by atoms with Crippen LogP contribution in [0.4, 0.5) is 0 Å². The Kier molecular flexibility index (Phi) is 3.63. The first-order valence-corrected chi connectivity index (χ1v) is 9.10. The van der Waals surface area contributed by atoms with Gasteiger partial charge in [-0.15, -0.1) is 10.2 Å². The van der Waals surface area contributed by atoms with Gasteiger partial charge in [0, 0.05) is 37.0 Å². The van der Waals surface area contributed by atoms with E-state index in [4.69, 9.17) is 0 Å². The molecule has 1 saturated carbocycles. The molecule has 5 rings (SSSR count). The van der Waals surface area contributed by atoms with Crippen molar-refractivity contribution in [3.05, 3.63) is 54.1 Å². The number of benzene rings is 1. The van der Waals surface area contributed by atoms with Gasteiger partial charge in [-0.3, -0.25) is 9.58 Å². The van der Waals surface area contributed by atoms with Crippen LogP contribution in [0.3, 0.4) is 0 Å². The summed E-state index contributed by atoms with van der Waals surface area (Å²) in [5, 5.41) is 13.4. The van der Waals surface area contributed by atoms with Crippen molar-refractivity contribution in [3.8, 4) is 11.4 Å². The minimum atomic E-state index is 0.631. The van der Waals surface area contributed by atoms with Crippen LogP contribution in [-0.2, 0) is 19.6 Å². The quantitative estimate of drug-likeness (QED) is 0.736. The van der Waals surface area contributed by atoms with Crippen LogP contribution in [0, 0.1) is 0 Å². The van der Waals surface area contributed by atoms with Crippen molar-refractivity contribution in [1.82, 2.24) is 29.4 Å². The Morgan fingerprint density at radius 3 is 2.72 bits per heavy atom. The van der Waals surface area contributed by atoms with Gasteiger partial charge in [-0.25, -0.2) is 0 Å². The fraction of sp³-hybridized carbons (Fsp3) is 0.421. The van der Waals surface area contributed by atoms with Crippen LogP contribution < -0.4 is 0 Å². The maximum absolute atomic E-state index is 4.55. The van der Waals surface area contributed by atoms with E-state index in [1.54, 1.807) is 0 Å². The van der Waals surface area contributed by atoms with E-state index in [-0.39, 0.29) is 0 Å². The molecule has 0 amide bonds. The van der Waals surface area contributed by atoms with Gasteiger partial charge in [0.25, 0.3) is 0 Å². The lowest BCUT2D eigenvalue weighted by Crippen LogP contribution is -2.33. The average molecular weight is 334 g/mol. The van der Waals surface area contributed by atoms with Crippen molar-refractivity contribution < 1.29 is 0 Å². The van der Waals surface area contributed by atoms with Gasteiger partial charge in [0.15, 0.2) is 5.82 Å². The molecule has 6 nitrogen and oxygen atoms in total. The number of aromatic nitrogens is 5. The van der Waals surface area contributed by atoms with Crippen LogP contribution in [-0.4, -0.2) is 36.0 Å². The molecular formula is C19H22N6. The molecule has 6 heteroatoms. The zero-order chi connectivity index (χ0) is 16.6. The summed E-state index contributed by atoms with van der Waals surface area (Å²) in [5.74, 6) is 2.03. The minimum absolute atomic E-state index is 0.631. The smallest absolute Gasteiger partial charge is 0.164 e. The summed E-state index contributed by atoms with van der Waals surface area (Å²) in [5.41, 5.74) is 2.43. The van der Waals surface area contributed by atoms with E-state index in [0.29, 0.717) is 6.04 Å². The molecule has 25 heavy (non-hydrogen) atoms. The molecular weight excluding hydrogens is 312 g/mol. The molecule has 0 saturated heterocycles. The molecule has 0 N–H and O–H groups in total. The van der Waals surface area contributed by atoms with E-state index in [1.165, 1.54) is 24.8 Å². The second kappa shape index (κ2) is 6.11. The molecule has 2 aromatic heterocycles. The SMILES string of the molecule is c1ccc(-c2nnc3n2CCN(Cc2cnn(C4CCC4)c2)C3)cc1. The normalized spacial score (nSPS) is 18.1. The summed E-state index contributed by atoms with van der Waals surface area (Å²) in [4.78, 5) is 2.43. The van der Waals surface area contributed by atoms with Gasteiger partial charge in [-0.2, -0.15) is 5.10 Å². The summed E-state index contributed by atoms with van der Waals surface area (Å²) >= 11 is 0. The van der Waals surface area contributed by atoms with Crippen LogP contribution in [0.25, 0.3) is 11.4 Å². The summed E-state index contributed by atoms with van der Waals surface area (Å²) in [6.45, 7) is 3.72. The van der Waals surface area contributed by atoms with Crippen LogP contribution >= 0.6 is 0 Å². The van der Waals surface area contributed by atoms with E-state index in [1.807, 2.05) is 24.4 Å². The zero-order valence-electron chi connectivity index (χ0n) is 14.3. The third-order valence-electron chi connectivity index (χ3n) is 5.37. The maximum atomic E-state index is 4.55. The molecule has 3 aromatic rings. The molecule has 2 aliphatic rings. The van der Waals surface area contributed by atoms with E-state index >= 15 is 0 Å². The maximum Gasteiger partial charge on any atom is 0.164 e. The standard InChI is InChI=1S/C19H22N6/c1-2-5-16(6-3-1)19-22-21-18-14-23(9-10-24(18)19)12-15-11-20-25(13-15)17-7-4-8-17/h1-3,5-6,11,13,17H,4,7-10,12,14H2. The Hall–Kier alpha value is -2.47. The largest absolute Gasteiger partial charge is 0.309 e. The lowest BCUT2D eigenvalue weighted by Gasteiger charge is -2.27. The van der Waals surface area contributed by atoms with Crippen molar-refractivity contribution in [2.24, 2.45) is 0 Å². The minimum Gasteiger partial charge on any atom is -0.309 e. The van der Waals surface area contributed by atoms with Crippen molar-refractivity contribution in [1.29, 1.82) is 0 Å². The highest BCUT2D eigenvalue weighted by Crippen LogP contribution is 2.31. The first kappa shape index (κ1) is 14.8. The Labute approximate surface area is 147 Å². The lowest BCUT2D eigenvalue weighted by molar-refractivity contribution is 0.209. The molecule has 1 aliphatic carbocycles. The average Bonchev–Trinajstić information content (AvgIpc) is 3.21. The molecule has 0 spiro atoms. The predicted octanol–water partition coefficient (Wildman–Crippen LogP) is 2.88. The predicted molar refractivity (Wildman–Crippen MR) is 94.7 cm³/mol. The van der Waals surface area contributed by atoms with E-state index < -0.39 is 0 Å². The first-order valence-electron chi connectivity index (χ1n) is 9.10. The van der Waals surface area contributed by atoms with Crippen molar-refractivity contribution in [2.45, 2.75) is 44.9 Å². The van der Waals surface area contributed by atoms with Crippen molar-refractivity contribution >= 4 is 0 Å². The van der Waals surface area contributed by atoms with E-state index in [2.05, 4.69) is 47.8 Å².